The fourth-order valence-electron chi connectivity index (χ4n) is 4.48. The van der Waals surface area contributed by atoms with Crippen LogP contribution in [0.25, 0.3) is 6.08 Å². The van der Waals surface area contributed by atoms with Gasteiger partial charge in [-0.05, 0) is 91.1 Å². The van der Waals surface area contributed by atoms with Gasteiger partial charge in [-0.3, -0.25) is 4.79 Å². The lowest BCUT2D eigenvalue weighted by molar-refractivity contribution is -0.111. The van der Waals surface area contributed by atoms with Crippen LogP contribution < -0.4 is 5.32 Å². The molecule has 0 radical (unpaired) electrons. The third-order valence-corrected chi connectivity index (χ3v) is 6.76. The molecular formula is C34H37NO3. The number of carbonyl (C=O) groups excluding carboxylic acids is 1. The molecule has 1 amide bonds. The summed E-state index contributed by atoms with van der Waals surface area (Å²) in [5.74, 6) is -1.06. The molecule has 0 atom stereocenters. The quantitative estimate of drug-likeness (QED) is 0.278. The fourth-order valence-corrected chi connectivity index (χ4v) is 4.48. The van der Waals surface area contributed by atoms with Crippen LogP contribution in [-0.4, -0.2) is 17.0 Å². The molecule has 1 aliphatic carbocycles. The Balaban J connectivity index is 1.71. The molecule has 0 aromatic heterocycles. The minimum Gasteiger partial charge on any atom is -0.478 e. The second kappa shape index (κ2) is 12.9. The van der Waals surface area contributed by atoms with Crippen LogP contribution in [0.5, 0.6) is 0 Å². The van der Waals surface area contributed by atoms with Crippen molar-refractivity contribution in [2.24, 2.45) is 5.41 Å². The van der Waals surface area contributed by atoms with Gasteiger partial charge in [0, 0.05) is 11.8 Å². The van der Waals surface area contributed by atoms with Crippen LogP contribution in [-0.2, 0) is 4.79 Å². The first-order valence-electron chi connectivity index (χ1n) is 12.9. The standard InChI is InChI=1S/C34H37NO3/c1-24(10-9-11-25(2)22-32(36)35-30-12-7-6-8-13-30)14-19-31-26(3)29(20-21-34(31,4)5)23-27-15-17-28(18-16-27)33(37)38/h6-19,22-23H,20-21H2,1-5H3,(H,35,36)(H,37,38)/b11-9+,19-14+,24-10+,25-22-,29-23+. The molecule has 4 nitrogen and oxygen atoms in total. The van der Waals surface area contributed by atoms with Gasteiger partial charge in [0.05, 0.1) is 5.56 Å². The summed E-state index contributed by atoms with van der Waals surface area (Å²) < 4.78 is 0. The van der Waals surface area contributed by atoms with E-state index in [0.717, 1.165) is 35.2 Å². The number of allylic oxidation sites excluding steroid dienone is 10. The Hall–Kier alpha value is -4.18. The summed E-state index contributed by atoms with van der Waals surface area (Å²) in [5.41, 5.74) is 7.98. The van der Waals surface area contributed by atoms with Crippen LogP contribution in [0.1, 0.15) is 63.4 Å². The Morgan fingerprint density at radius 2 is 1.63 bits per heavy atom. The van der Waals surface area contributed by atoms with E-state index in [-0.39, 0.29) is 11.3 Å². The van der Waals surface area contributed by atoms with E-state index in [1.807, 2.05) is 67.6 Å². The highest BCUT2D eigenvalue weighted by Crippen LogP contribution is 2.43. The van der Waals surface area contributed by atoms with Gasteiger partial charge in [0.15, 0.2) is 0 Å². The Morgan fingerprint density at radius 3 is 2.29 bits per heavy atom. The molecule has 3 rings (SSSR count). The molecule has 0 fully saturated rings. The number of rotatable bonds is 8. The third-order valence-electron chi connectivity index (χ3n) is 6.76. The molecule has 38 heavy (non-hydrogen) atoms. The van der Waals surface area contributed by atoms with Gasteiger partial charge in [-0.15, -0.1) is 0 Å². The minimum absolute atomic E-state index is 0.0622. The van der Waals surface area contributed by atoms with Gasteiger partial charge in [-0.2, -0.15) is 0 Å². The lowest BCUT2D eigenvalue weighted by atomic mass is 9.70. The number of benzene rings is 2. The van der Waals surface area contributed by atoms with Crippen molar-refractivity contribution in [3.05, 3.63) is 130 Å². The molecule has 1 aliphatic rings. The zero-order chi connectivity index (χ0) is 27.7. The SMILES string of the molecule is CC1=C(/C=C/C(C)=C/C=C/C(C)=C\C(=O)Nc2ccccc2)C(C)(C)CC/C1=C\c1ccc(C(=O)O)cc1. The van der Waals surface area contributed by atoms with E-state index in [1.54, 1.807) is 18.2 Å². The van der Waals surface area contributed by atoms with Crippen LogP contribution in [0.2, 0.25) is 0 Å². The highest BCUT2D eigenvalue weighted by atomic mass is 16.4. The van der Waals surface area contributed by atoms with Crippen molar-refractivity contribution in [2.75, 3.05) is 5.32 Å². The zero-order valence-electron chi connectivity index (χ0n) is 22.9. The number of nitrogens with one attached hydrogen (secondary N) is 1. The van der Waals surface area contributed by atoms with Gasteiger partial charge < -0.3 is 10.4 Å². The Bertz CT molecular complexity index is 1350. The van der Waals surface area contributed by atoms with Crippen molar-refractivity contribution < 1.29 is 14.7 Å². The Kier molecular flexibility index (Phi) is 9.61. The lowest BCUT2D eigenvalue weighted by Gasteiger charge is -2.34. The van der Waals surface area contributed by atoms with E-state index in [9.17, 15) is 9.59 Å². The number of carboxylic acids is 1. The first-order chi connectivity index (χ1) is 18.0. The van der Waals surface area contributed by atoms with E-state index in [1.165, 1.54) is 16.7 Å². The molecule has 0 spiro atoms. The van der Waals surface area contributed by atoms with Gasteiger partial charge in [-0.1, -0.05) is 86.2 Å². The maximum atomic E-state index is 12.2. The van der Waals surface area contributed by atoms with E-state index in [0.29, 0.717) is 5.56 Å². The van der Waals surface area contributed by atoms with Crippen LogP contribution in [0, 0.1) is 5.41 Å². The molecule has 0 saturated heterocycles. The summed E-state index contributed by atoms with van der Waals surface area (Å²) in [6, 6.07) is 16.4. The molecule has 0 saturated carbocycles. The number of amides is 1. The number of hydrogen-bond donors (Lipinski definition) is 2. The minimum atomic E-state index is -0.912. The maximum absolute atomic E-state index is 12.2. The van der Waals surface area contributed by atoms with Crippen molar-refractivity contribution in [1.29, 1.82) is 0 Å². The number of hydrogen-bond acceptors (Lipinski definition) is 2. The van der Waals surface area contributed by atoms with Gasteiger partial charge in [0.25, 0.3) is 0 Å². The summed E-state index contributed by atoms with van der Waals surface area (Å²) in [5, 5.41) is 12.0. The van der Waals surface area contributed by atoms with Crippen LogP contribution >= 0.6 is 0 Å². The summed E-state index contributed by atoms with van der Waals surface area (Å²) in [4.78, 5) is 23.3. The molecule has 0 aliphatic heterocycles. The van der Waals surface area contributed by atoms with Crippen molar-refractivity contribution in [3.63, 3.8) is 0 Å². The summed E-state index contributed by atoms with van der Waals surface area (Å²) >= 11 is 0. The summed E-state index contributed by atoms with van der Waals surface area (Å²) in [6.45, 7) is 10.7. The number of carbonyl (C=O) groups is 2. The number of aromatic carboxylic acids is 1. The molecule has 2 aromatic rings. The number of para-hydroxylation sites is 1. The third kappa shape index (κ3) is 8.17. The van der Waals surface area contributed by atoms with Crippen molar-refractivity contribution in [1.82, 2.24) is 0 Å². The summed E-state index contributed by atoms with van der Waals surface area (Å²) in [7, 11) is 0. The van der Waals surface area contributed by atoms with E-state index < -0.39 is 5.97 Å². The van der Waals surface area contributed by atoms with Crippen LogP contribution in [0.3, 0.4) is 0 Å². The Labute approximate surface area is 226 Å². The predicted octanol–water partition coefficient (Wildman–Crippen LogP) is 8.55. The van der Waals surface area contributed by atoms with Gasteiger partial charge in [0.2, 0.25) is 5.91 Å². The number of anilines is 1. The maximum Gasteiger partial charge on any atom is 0.335 e. The Morgan fingerprint density at radius 1 is 0.947 bits per heavy atom. The molecule has 0 unspecified atom stereocenters. The van der Waals surface area contributed by atoms with Crippen LogP contribution in [0.4, 0.5) is 5.69 Å². The molecule has 0 heterocycles. The molecule has 196 valence electrons. The second-order valence-corrected chi connectivity index (χ2v) is 10.4. The van der Waals surface area contributed by atoms with Crippen LogP contribution in [0.15, 0.2) is 119 Å². The normalized spacial score (nSPS) is 17.4. The monoisotopic (exact) mass is 507 g/mol. The second-order valence-electron chi connectivity index (χ2n) is 10.4. The fraction of sp³-hybridized carbons (Fsp3) is 0.235. The largest absolute Gasteiger partial charge is 0.478 e. The first-order valence-corrected chi connectivity index (χ1v) is 12.9. The van der Waals surface area contributed by atoms with Gasteiger partial charge >= 0.3 is 5.97 Å². The van der Waals surface area contributed by atoms with E-state index in [2.05, 4.69) is 51.2 Å². The van der Waals surface area contributed by atoms with Crippen molar-refractivity contribution in [3.8, 4) is 0 Å². The average molecular weight is 508 g/mol. The topological polar surface area (TPSA) is 66.4 Å². The first kappa shape index (κ1) is 28.4. The smallest absolute Gasteiger partial charge is 0.335 e. The molecule has 0 bridgehead atoms. The van der Waals surface area contributed by atoms with Crippen molar-refractivity contribution in [2.45, 2.75) is 47.5 Å². The summed E-state index contributed by atoms with van der Waals surface area (Å²) in [6.07, 6.45) is 16.0. The predicted molar refractivity (Wildman–Crippen MR) is 158 cm³/mol. The molecule has 2 aromatic carbocycles. The number of carboxylic acid groups (broad SMARTS) is 1. The average Bonchev–Trinajstić information content (AvgIpc) is 2.86. The highest BCUT2D eigenvalue weighted by molar-refractivity contribution is 5.99. The molecular weight excluding hydrogens is 470 g/mol. The van der Waals surface area contributed by atoms with Gasteiger partial charge in [0.1, 0.15) is 0 Å². The molecule has 4 heteroatoms. The van der Waals surface area contributed by atoms with E-state index in [4.69, 9.17) is 5.11 Å². The molecule has 2 N–H and O–H groups in total. The zero-order valence-corrected chi connectivity index (χ0v) is 22.9. The van der Waals surface area contributed by atoms with E-state index >= 15 is 0 Å². The highest BCUT2D eigenvalue weighted by Gasteiger charge is 2.28. The van der Waals surface area contributed by atoms with Gasteiger partial charge in [-0.25, -0.2) is 4.79 Å². The van der Waals surface area contributed by atoms with Crippen molar-refractivity contribution >= 4 is 23.6 Å². The lowest BCUT2D eigenvalue weighted by Crippen LogP contribution is -2.20.